The Morgan fingerprint density at radius 2 is 2.00 bits per heavy atom. The number of hydrogen-bond acceptors (Lipinski definition) is 4. The van der Waals surface area contributed by atoms with Gasteiger partial charge in [0.25, 0.3) is 10.0 Å². The lowest BCUT2D eigenvalue weighted by Gasteiger charge is -2.18. The summed E-state index contributed by atoms with van der Waals surface area (Å²) in [7, 11) is -0.376. The molecular formula is C14H18N2O3S. The van der Waals surface area contributed by atoms with Gasteiger partial charge < -0.3 is 9.73 Å². The highest BCUT2D eigenvalue weighted by molar-refractivity contribution is 7.92. The van der Waals surface area contributed by atoms with E-state index in [0.29, 0.717) is 18.0 Å². The van der Waals surface area contributed by atoms with Gasteiger partial charge >= 0.3 is 0 Å². The van der Waals surface area contributed by atoms with Crippen molar-refractivity contribution in [2.75, 3.05) is 18.4 Å². The fourth-order valence-electron chi connectivity index (χ4n) is 1.86. The largest absolute Gasteiger partial charge is 0.446 e. The molecule has 0 saturated heterocycles. The van der Waals surface area contributed by atoms with E-state index in [1.807, 2.05) is 25.1 Å². The van der Waals surface area contributed by atoms with Crippen LogP contribution in [0, 0.1) is 6.92 Å². The Morgan fingerprint density at radius 3 is 2.65 bits per heavy atom. The van der Waals surface area contributed by atoms with E-state index >= 15 is 0 Å². The summed E-state index contributed by atoms with van der Waals surface area (Å²) in [4.78, 5) is 0. The van der Waals surface area contributed by atoms with Crippen LogP contribution in [0.4, 0.5) is 5.69 Å². The van der Waals surface area contributed by atoms with E-state index in [-0.39, 0.29) is 5.09 Å². The van der Waals surface area contributed by atoms with Gasteiger partial charge in [-0.25, -0.2) is 0 Å². The van der Waals surface area contributed by atoms with Gasteiger partial charge in [-0.15, -0.1) is 0 Å². The van der Waals surface area contributed by atoms with Crippen LogP contribution in [0.1, 0.15) is 11.3 Å². The molecule has 0 bridgehead atoms. The van der Waals surface area contributed by atoms with Gasteiger partial charge in [0, 0.05) is 7.05 Å². The van der Waals surface area contributed by atoms with E-state index in [4.69, 9.17) is 4.42 Å². The molecule has 0 aliphatic carbocycles. The molecule has 0 fully saturated rings. The number of aryl methyl sites for hydroxylation is 1. The lowest BCUT2D eigenvalue weighted by molar-refractivity contribution is 0.407. The van der Waals surface area contributed by atoms with E-state index in [2.05, 4.69) is 5.32 Å². The second-order valence-electron chi connectivity index (χ2n) is 4.56. The molecule has 1 aromatic carbocycles. The van der Waals surface area contributed by atoms with Gasteiger partial charge in [-0.05, 0) is 43.8 Å². The molecule has 1 aromatic heterocycles. The molecule has 0 aliphatic heterocycles. The fourth-order valence-corrected chi connectivity index (χ4v) is 2.98. The first-order valence-corrected chi connectivity index (χ1v) is 7.68. The number of anilines is 1. The van der Waals surface area contributed by atoms with Crippen molar-refractivity contribution in [2.24, 2.45) is 0 Å². The predicted molar refractivity (Wildman–Crippen MR) is 78.2 cm³/mol. The van der Waals surface area contributed by atoms with Crippen LogP contribution in [0.5, 0.6) is 0 Å². The molecule has 0 atom stereocenters. The maximum Gasteiger partial charge on any atom is 0.297 e. The summed E-state index contributed by atoms with van der Waals surface area (Å²) in [5, 5.41) is 2.87. The highest BCUT2D eigenvalue weighted by Crippen LogP contribution is 2.24. The maximum atomic E-state index is 12.5. The van der Waals surface area contributed by atoms with Crippen molar-refractivity contribution >= 4 is 15.7 Å². The van der Waals surface area contributed by atoms with E-state index in [1.165, 1.54) is 17.4 Å². The number of rotatable bonds is 5. The summed E-state index contributed by atoms with van der Waals surface area (Å²) >= 11 is 0. The van der Waals surface area contributed by atoms with Crippen LogP contribution in [0.2, 0.25) is 0 Å². The number of furan rings is 1. The smallest absolute Gasteiger partial charge is 0.297 e. The average molecular weight is 294 g/mol. The van der Waals surface area contributed by atoms with Crippen LogP contribution >= 0.6 is 0 Å². The summed E-state index contributed by atoms with van der Waals surface area (Å²) < 4.78 is 31.5. The zero-order chi connectivity index (χ0) is 14.8. The summed E-state index contributed by atoms with van der Waals surface area (Å²) in [5.41, 5.74) is 1.61. The van der Waals surface area contributed by atoms with Gasteiger partial charge in [-0.2, -0.15) is 8.42 Å². The molecule has 108 valence electrons. The van der Waals surface area contributed by atoms with Gasteiger partial charge in [-0.1, -0.05) is 12.1 Å². The molecule has 20 heavy (non-hydrogen) atoms. The molecule has 0 unspecified atom stereocenters. The van der Waals surface area contributed by atoms with Crippen molar-refractivity contribution in [1.29, 1.82) is 0 Å². The van der Waals surface area contributed by atoms with E-state index in [0.717, 1.165) is 5.56 Å². The Balaban J connectivity index is 2.33. The van der Waals surface area contributed by atoms with Gasteiger partial charge in [-0.3, -0.25) is 4.31 Å². The summed E-state index contributed by atoms with van der Waals surface area (Å²) in [6, 6.07) is 10.5. The average Bonchev–Trinajstić information content (AvgIpc) is 2.87. The predicted octanol–water partition coefficient (Wildman–Crippen LogP) is 2.13. The molecule has 2 aromatic rings. The monoisotopic (exact) mass is 294 g/mol. The Hall–Kier alpha value is -1.79. The third kappa shape index (κ3) is 2.86. The van der Waals surface area contributed by atoms with Crippen LogP contribution in [-0.4, -0.2) is 22.5 Å². The second kappa shape index (κ2) is 5.68. The third-order valence-electron chi connectivity index (χ3n) is 2.97. The minimum absolute atomic E-state index is 0.0493. The maximum absolute atomic E-state index is 12.5. The van der Waals surface area contributed by atoms with E-state index in [1.54, 1.807) is 19.2 Å². The number of benzene rings is 1. The van der Waals surface area contributed by atoms with E-state index in [9.17, 15) is 8.42 Å². The Bertz CT molecular complexity index is 692. The minimum Gasteiger partial charge on any atom is -0.446 e. The zero-order valence-electron chi connectivity index (χ0n) is 11.8. The minimum atomic E-state index is -3.67. The molecular weight excluding hydrogens is 276 g/mol. The highest BCUT2D eigenvalue weighted by atomic mass is 32.2. The number of sulfonamides is 1. The van der Waals surface area contributed by atoms with Crippen molar-refractivity contribution in [3.63, 3.8) is 0 Å². The van der Waals surface area contributed by atoms with Crippen molar-refractivity contribution in [2.45, 2.75) is 18.6 Å². The molecule has 0 amide bonds. The Morgan fingerprint density at radius 1 is 1.25 bits per heavy atom. The van der Waals surface area contributed by atoms with Crippen LogP contribution in [0.25, 0.3) is 0 Å². The van der Waals surface area contributed by atoms with Gasteiger partial charge in [0.1, 0.15) is 5.76 Å². The summed E-state index contributed by atoms with van der Waals surface area (Å²) in [6.45, 7) is 2.41. The zero-order valence-corrected chi connectivity index (χ0v) is 12.6. The first kappa shape index (κ1) is 14.6. The van der Waals surface area contributed by atoms with E-state index < -0.39 is 10.0 Å². The topological polar surface area (TPSA) is 62.6 Å². The first-order chi connectivity index (χ1) is 9.45. The molecule has 0 radical (unpaired) electrons. The van der Waals surface area contributed by atoms with Crippen LogP contribution in [0.15, 0.2) is 45.9 Å². The quantitative estimate of drug-likeness (QED) is 0.917. The van der Waals surface area contributed by atoms with Crippen LogP contribution in [0.3, 0.4) is 0 Å². The lowest BCUT2D eigenvalue weighted by Crippen LogP contribution is -2.26. The van der Waals surface area contributed by atoms with Gasteiger partial charge in [0.2, 0.25) is 5.09 Å². The molecule has 0 spiro atoms. The molecule has 1 N–H and O–H groups in total. The fraction of sp³-hybridized carbons (Fsp3) is 0.286. The highest BCUT2D eigenvalue weighted by Gasteiger charge is 2.25. The molecule has 0 aliphatic rings. The number of hydrogen-bond donors (Lipinski definition) is 1. The van der Waals surface area contributed by atoms with Crippen molar-refractivity contribution in [1.82, 2.24) is 5.32 Å². The Labute approximate surface area is 119 Å². The standard InChI is InChI=1S/C14H18N2O3S/c1-11-5-4-6-12(9-11)16(3)20(17,18)14-8-7-13(19-14)10-15-2/h4-9,15H,10H2,1-3H3. The second-order valence-corrected chi connectivity index (χ2v) is 6.46. The number of nitrogens with zero attached hydrogens (tertiary/aromatic N) is 1. The number of nitrogens with one attached hydrogen (secondary N) is 1. The van der Waals surface area contributed by atoms with Crippen LogP contribution < -0.4 is 9.62 Å². The Kier molecular flexibility index (Phi) is 4.15. The van der Waals surface area contributed by atoms with Crippen molar-refractivity contribution in [3.05, 3.63) is 47.7 Å². The van der Waals surface area contributed by atoms with Gasteiger partial charge in [0.15, 0.2) is 0 Å². The first-order valence-electron chi connectivity index (χ1n) is 6.24. The third-order valence-corrected chi connectivity index (χ3v) is 4.63. The molecule has 1 heterocycles. The van der Waals surface area contributed by atoms with Crippen molar-refractivity contribution in [3.8, 4) is 0 Å². The van der Waals surface area contributed by atoms with Gasteiger partial charge in [0.05, 0.1) is 12.2 Å². The normalized spacial score (nSPS) is 11.6. The molecule has 6 heteroatoms. The molecule has 5 nitrogen and oxygen atoms in total. The lowest BCUT2D eigenvalue weighted by atomic mass is 10.2. The molecule has 2 rings (SSSR count). The van der Waals surface area contributed by atoms with Crippen LogP contribution in [-0.2, 0) is 16.6 Å². The summed E-state index contributed by atoms with van der Waals surface area (Å²) in [6.07, 6.45) is 0. The molecule has 0 saturated carbocycles. The van der Waals surface area contributed by atoms with Crippen molar-refractivity contribution < 1.29 is 12.8 Å². The SMILES string of the molecule is CNCc1ccc(S(=O)(=O)N(C)c2cccc(C)c2)o1. The summed E-state index contributed by atoms with van der Waals surface area (Å²) in [5.74, 6) is 0.587.